The predicted molar refractivity (Wildman–Crippen MR) is 224 cm³/mol. The van der Waals surface area contributed by atoms with Gasteiger partial charge in [-0.15, -0.1) is 0 Å². The molecule has 0 aromatic heterocycles. The van der Waals surface area contributed by atoms with Crippen LogP contribution in [0.25, 0.3) is 0 Å². The summed E-state index contributed by atoms with van der Waals surface area (Å²) < 4.78 is 16.5. The average molecular weight is 739 g/mol. The number of hydrogen-bond acceptors (Lipinski definition) is 6. The Balaban J connectivity index is 4.49. The summed E-state index contributed by atoms with van der Waals surface area (Å²) in [4.78, 5) is 37.5. The Bertz CT molecular complexity index is 1030. The zero-order chi connectivity index (χ0) is 38.7. The van der Waals surface area contributed by atoms with Crippen LogP contribution in [0.2, 0.25) is 0 Å². The number of allylic oxidation sites excluding steroid dienone is 11. The average Bonchev–Trinajstić information content (AvgIpc) is 3.15. The van der Waals surface area contributed by atoms with Crippen molar-refractivity contribution in [2.75, 3.05) is 13.2 Å². The molecule has 0 aliphatic carbocycles. The lowest BCUT2D eigenvalue weighted by Crippen LogP contribution is -2.30. The van der Waals surface area contributed by atoms with Crippen molar-refractivity contribution in [3.8, 4) is 0 Å². The molecule has 0 N–H and O–H groups in total. The van der Waals surface area contributed by atoms with E-state index in [2.05, 4.69) is 81.5 Å². The third kappa shape index (κ3) is 39.9. The summed E-state index contributed by atoms with van der Waals surface area (Å²) in [7, 11) is 0. The summed E-state index contributed by atoms with van der Waals surface area (Å²) in [5.74, 6) is -1.07. The minimum absolute atomic E-state index is 0.109. The molecule has 0 aromatic carbocycles. The van der Waals surface area contributed by atoms with Crippen LogP contribution >= 0.6 is 0 Å². The van der Waals surface area contributed by atoms with E-state index in [0.29, 0.717) is 12.8 Å². The number of unbranched alkanes of at least 4 members (excludes halogenated alkanes) is 15. The van der Waals surface area contributed by atoms with Gasteiger partial charge in [-0.1, -0.05) is 171 Å². The first-order valence-corrected chi connectivity index (χ1v) is 21.4. The van der Waals surface area contributed by atoms with Gasteiger partial charge in [-0.3, -0.25) is 14.4 Å². The smallest absolute Gasteiger partial charge is 0.309 e. The van der Waals surface area contributed by atoms with Gasteiger partial charge in [-0.2, -0.15) is 0 Å². The first-order chi connectivity index (χ1) is 26.0. The molecular weight excluding hydrogens is 661 g/mol. The van der Waals surface area contributed by atoms with E-state index < -0.39 is 12.1 Å². The van der Waals surface area contributed by atoms with Crippen LogP contribution in [0.4, 0.5) is 0 Å². The molecule has 6 nitrogen and oxygen atoms in total. The Hall–Kier alpha value is -3.15. The Morgan fingerprint density at radius 2 is 0.811 bits per heavy atom. The molecule has 0 fully saturated rings. The van der Waals surface area contributed by atoms with E-state index in [1.165, 1.54) is 64.2 Å². The van der Waals surface area contributed by atoms with Crippen molar-refractivity contribution in [1.29, 1.82) is 0 Å². The molecule has 6 heteroatoms. The number of carbonyl (C=O) groups excluding carboxylic acids is 3. The van der Waals surface area contributed by atoms with E-state index in [9.17, 15) is 14.4 Å². The molecule has 0 saturated carbocycles. The Morgan fingerprint density at radius 3 is 1.32 bits per heavy atom. The number of hydrogen-bond donors (Lipinski definition) is 0. The Morgan fingerprint density at radius 1 is 0.415 bits per heavy atom. The van der Waals surface area contributed by atoms with E-state index in [4.69, 9.17) is 14.2 Å². The van der Waals surface area contributed by atoms with Gasteiger partial charge in [-0.25, -0.2) is 0 Å². The maximum absolute atomic E-state index is 12.7. The Kier molecular flexibility index (Phi) is 39.1. The van der Waals surface area contributed by atoms with E-state index in [1.807, 2.05) is 6.08 Å². The minimum Gasteiger partial charge on any atom is -0.462 e. The normalized spacial score (nSPS) is 12.7. The first-order valence-electron chi connectivity index (χ1n) is 21.4. The molecule has 0 heterocycles. The molecule has 1 atom stereocenters. The van der Waals surface area contributed by atoms with Crippen molar-refractivity contribution >= 4 is 17.9 Å². The Labute approximate surface area is 325 Å². The van der Waals surface area contributed by atoms with Crippen LogP contribution in [0.3, 0.4) is 0 Å². The topological polar surface area (TPSA) is 78.9 Å². The summed E-state index contributed by atoms with van der Waals surface area (Å²) >= 11 is 0. The number of rotatable bonds is 37. The van der Waals surface area contributed by atoms with Crippen LogP contribution in [0.5, 0.6) is 0 Å². The van der Waals surface area contributed by atoms with Crippen LogP contribution in [0.15, 0.2) is 72.9 Å². The van der Waals surface area contributed by atoms with Gasteiger partial charge in [-0.05, 0) is 70.6 Å². The molecule has 0 bridgehead atoms. The fourth-order valence-electron chi connectivity index (χ4n) is 5.51. The first kappa shape index (κ1) is 49.9. The predicted octanol–water partition coefficient (Wildman–Crippen LogP) is 13.5. The molecule has 0 spiro atoms. The summed E-state index contributed by atoms with van der Waals surface area (Å²) in [5.41, 5.74) is 0. The molecule has 302 valence electrons. The van der Waals surface area contributed by atoms with Crippen molar-refractivity contribution < 1.29 is 28.6 Å². The van der Waals surface area contributed by atoms with Crippen LogP contribution in [0, 0.1) is 0 Å². The van der Waals surface area contributed by atoms with Gasteiger partial charge < -0.3 is 14.2 Å². The van der Waals surface area contributed by atoms with Crippen LogP contribution < -0.4 is 0 Å². The maximum Gasteiger partial charge on any atom is 0.309 e. The molecule has 0 aliphatic rings. The van der Waals surface area contributed by atoms with E-state index in [0.717, 1.165) is 83.5 Å². The van der Waals surface area contributed by atoms with Gasteiger partial charge >= 0.3 is 17.9 Å². The van der Waals surface area contributed by atoms with Crippen molar-refractivity contribution in [3.05, 3.63) is 72.9 Å². The second-order valence-corrected chi connectivity index (χ2v) is 13.9. The zero-order valence-corrected chi connectivity index (χ0v) is 34.3. The van der Waals surface area contributed by atoms with Gasteiger partial charge in [0.2, 0.25) is 0 Å². The fraction of sp³-hybridized carbons (Fsp3) is 0.681. The highest BCUT2D eigenvalue weighted by molar-refractivity contribution is 5.72. The summed E-state index contributed by atoms with van der Waals surface area (Å²) in [5, 5.41) is 0. The molecule has 1 unspecified atom stereocenters. The van der Waals surface area contributed by atoms with Gasteiger partial charge in [0.1, 0.15) is 13.2 Å². The zero-order valence-electron chi connectivity index (χ0n) is 34.3. The SMILES string of the molecule is CC/C=C\C/C=C\C/C=C\C/C=C\C/C=C\CC(=O)OCC(COC(=O)CCCCCCCCC)OC(=O)CCCCCCC/C=C\CCCCCC. The van der Waals surface area contributed by atoms with Gasteiger partial charge in [0.15, 0.2) is 6.10 Å². The number of ether oxygens (including phenoxy) is 3. The quantitative estimate of drug-likeness (QED) is 0.0273. The summed E-state index contributed by atoms with van der Waals surface area (Å²) in [6, 6.07) is 0. The molecule has 0 saturated heterocycles. The minimum atomic E-state index is -0.813. The molecule has 0 amide bonds. The van der Waals surface area contributed by atoms with Gasteiger partial charge in [0.05, 0.1) is 6.42 Å². The summed E-state index contributed by atoms with van der Waals surface area (Å²) in [6.07, 6.45) is 50.6. The largest absolute Gasteiger partial charge is 0.462 e. The highest BCUT2D eigenvalue weighted by atomic mass is 16.6. The molecule has 0 aromatic rings. The number of carbonyl (C=O) groups is 3. The number of esters is 3. The van der Waals surface area contributed by atoms with Crippen molar-refractivity contribution in [1.82, 2.24) is 0 Å². The van der Waals surface area contributed by atoms with Crippen molar-refractivity contribution in [2.45, 2.75) is 194 Å². The highest BCUT2D eigenvalue weighted by Gasteiger charge is 2.19. The molecule has 53 heavy (non-hydrogen) atoms. The van der Waals surface area contributed by atoms with Gasteiger partial charge in [0, 0.05) is 12.8 Å². The third-order valence-electron chi connectivity index (χ3n) is 8.73. The van der Waals surface area contributed by atoms with E-state index in [-0.39, 0.29) is 31.6 Å². The van der Waals surface area contributed by atoms with Crippen LogP contribution in [-0.4, -0.2) is 37.2 Å². The maximum atomic E-state index is 12.7. The lowest BCUT2D eigenvalue weighted by atomic mass is 10.1. The lowest BCUT2D eigenvalue weighted by Gasteiger charge is -2.18. The lowest BCUT2D eigenvalue weighted by molar-refractivity contribution is -0.166. The molecule has 0 radical (unpaired) electrons. The highest BCUT2D eigenvalue weighted by Crippen LogP contribution is 2.12. The van der Waals surface area contributed by atoms with Crippen LogP contribution in [0.1, 0.15) is 188 Å². The second-order valence-electron chi connectivity index (χ2n) is 13.9. The summed E-state index contributed by atoms with van der Waals surface area (Å²) in [6.45, 7) is 6.34. The monoisotopic (exact) mass is 739 g/mol. The van der Waals surface area contributed by atoms with Crippen LogP contribution in [-0.2, 0) is 28.6 Å². The molecular formula is C47H78O6. The third-order valence-corrected chi connectivity index (χ3v) is 8.73. The standard InChI is InChI=1S/C47H78O6/c1-4-7-10-13-16-18-20-22-23-25-26-28-31-34-37-40-46(49)52-43-44(42-51-45(48)39-36-33-30-15-12-9-6-3)53-47(50)41-38-35-32-29-27-24-21-19-17-14-11-8-5-2/h7,10,16,18-19,21-23,26,28,34,37,44H,4-6,8-9,11-15,17,20,24-25,27,29-33,35-36,38-43H2,1-3H3/b10-7-,18-16-,21-19-,23-22-,28-26-,37-34-. The second kappa shape index (κ2) is 41.6. The van der Waals surface area contributed by atoms with Crippen molar-refractivity contribution in [3.63, 3.8) is 0 Å². The molecule has 0 rings (SSSR count). The van der Waals surface area contributed by atoms with Crippen molar-refractivity contribution in [2.24, 2.45) is 0 Å². The van der Waals surface area contributed by atoms with E-state index in [1.54, 1.807) is 6.08 Å². The fourth-order valence-corrected chi connectivity index (χ4v) is 5.51. The van der Waals surface area contributed by atoms with Gasteiger partial charge in [0.25, 0.3) is 0 Å². The molecule has 0 aliphatic heterocycles. The van der Waals surface area contributed by atoms with E-state index >= 15 is 0 Å².